The van der Waals surface area contributed by atoms with E-state index in [4.69, 9.17) is 15.3 Å². The number of carbonyl (C=O) groups is 3. The first kappa shape index (κ1) is 28.6. The minimum absolute atomic E-state index is 0.0216. The van der Waals surface area contributed by atoms with Crippen LogP contribution in [0.1, 0.15) is 88.4 Å². The lowest BCUT2D eigenvalue weighted by Gasteiger charge is -2.39. The molecule has 0 saturated heterocycles. The maximum absolute atomic E-state index is 15.0. The number of halogens is 1. The Hall–Kier alpha value is -2.88. The lowest BCUT2D eigenvalue weighted by molar-refractivity contribution is -0.133. The fraction of sp³-hybridized carbons (Fsp3) is 0.700. The van der Waals surface area contributed by atoms with Crippen LogP contribution in [-0.4, -0.2) is 43.5 Å². The van der Waals surface area contributed by atoms with Crippen LogP contribution in [0.25, 0.3) is 0 Å². The summed E-state index contributed by atoms with van der Waals surface area (Å²) in [6, 6.07) is 2.29. The van der Waals surface area contributed by atoms with Gasteiger partial charge in [-0.05, 0) is 81.1 Å². The number of rotatable bonds is 9. The predicted molar refractivity (Wildman–Crippen MR) is 147 cm³/mol. The molecule has 5 rings (SSSR count). The normalized spacial score (nSPS) is 32.1. The molecular formula is C30H43FN4O5. The zero-order valence-electron chi connectivity index (χ0n) is 23.8. The summed E-state index contributed by atoms with van der Waals surface area (Å²) in [5.74, 6) is 4.43. The van der Waals surface area contributed by atoms with Crippen molar-refractivity contribution in [1.29, 1.82) is 0 Å². The molecule has 0 radical (unpaired) electrons. The SMILES string of the molecule is COc1cc(F)c(O[C@H]2CC[C@@](C)(C(=O)NN)CC2)cc1C(=O)N[C@@H]1[C@H]2CC[C@H](C2)[C@@H]1C(=O)NCC1(C)CCC1. The Balaban J connectivity index is 1.27. The molecule has 0 heterocycles. The number of hydrazine groups is 1. The minimum Gasteiger partial charge on any atom is -0.496 e. The quantitative estimate of drug-likeness (QED) is 0.208. The molecule has 4 aliphatic rings. The molecule has 9 nitrogen and oxygen atoms in total. The van der Waals surface area contributed by atoms with Crippen molar-refractivity contribution in [3.63, 3.8) is 0 Å². The molecule has 0 unspecified atom stereocenters. The van der Waals surface area contributed by atoms with Gasteiger partial charge in [-0.1, -0.05) is 20.3 Å². The minimum atomic E-state index is -0.622. The smallest absolute Gasteiger partial charge is 0.255 e. The molecule has 1 aromatic rings. The summed E-state index contributed by atoms with van der Waals surface area (Å²) in [5, 5.41) is 6.30. The molecule has 0 aromatic heterocycles. The van der Waals surface area contributed by atoms with Crippen molar-refractivity contribution >= 4 is 17.7 Å². The molecule has 3 amide bonds. The van der Waals surface area contributed by atoms with Crippen molar-refractivity contribution in [3.8, 4) is 11.5 Å². The lowest BCUT2D eigenvalue weighted by atomic mass is 9.70. The molecule has 0 aliphatic heterocycles. The van der Waals surface area contributed by atoms with Gasteiger partial charge < -0.3 is 20.1 Å². The Morgan fingerprint density at radius 3 is 2.35 bits per heavy atom. The van der Waals surface area contributed by atoms with Crippen LogP contribution < -0.4 is 31.4 Å². The molecule has 4 aliphatic carbocycles. The molecular weight excluding hydrogens is 515 g/mol. The largest absolute Gasteiger partial charge is 0.496 e. The van der Waals surface area contributed by atoms with E-state index in [0.717, 1.165) is 32.1 Å². The van der Waals surface area contributed by atoms with Crippen molar-refractivity contribution in [2.45, 2.75) is 90.2 Å². The highest BCUT2D eigenvalue weighted by Crippen LogP contribution is 2.49. The number of ether oxygens (including phenoxy) is 2. The average molecular weight is 559 g/mol. The first-order valence-corrected chi connectivity index (χ1v) is 14.7. The van der Waals surface area contributed by atoms with E-state index in [1.807, 2.05) is 6.92 Å². The summed E-state index contributed by atoms with van der Waals surface area (Å²) in [4.78, 5) is 39.0. The number of fused-ring (bicyclic) bond motifs is 2. The number of methoxy groups -OCH3 is 1. The van der Waals surface area contributed by atoms with Gasteiger partial charge in [-0.2, -0.15) is 0 Å². The van der Waals surface area contributed by atoms with Crippen LogP contribution in [0.5, 0.6) is 11.5 Å². The Morgan fingerprint density at radius 2 is 1.73 bits per heavy atom. The second kappa shape index (κ2) is 11.2. The number of nitrogens with one attached hydrogen (secondary N) is 3. The van der Waals surface area contributed by atoms with E-state index in [2.05, 4.69) is 23.0 Å². The number of benzene rings is 1. The van der Waals surface area contributed by atoms with E-state index in [-0.39, 0.29) is 64.2 Å². The van der Waals surface area contributed by atoms with Crippen molar-refractivity contribution < 1.29 is 28.2 Å². The highest BCUT2D eigenvalue weighted by Gasteiger charge is 2.51. The highest BCUT2D eigenvalue weighted by molar-refractivity contribution is 5.98. The standard InChI is InChI=1S/C30H43FN4O5/c1-29(9-4-10-29)16-33-27(37)24-17-5-6-18(13-17)25(24)34-26(36)20-14-23(21(31)15-22(20)39-3)40-19-7-11-30(2,12-8-19)28(38)35-32/h14-15,17-19,24-25H,4-13,16,32H2,1-3H3,(H,33,37)(H,34,36)(H,35,38)/t17-,18+,19-,24+,25-,30+/m1/s1. The number of amides is 3. The Kier molecular flexibility index (Phi) is 8.01. The molecule has 4 atom stereocenters. The number of nitrogens with two attached hydrogens (primary N) is 1. The number of hydrogen-bond donors (Lipinski definition) is 4. The van der Waals surface area contributed by atoms with Gasteiger partial charge in [-0.3, -0.25) is 19.8 Å². The van der Waals surface area contributed by atoms with Gasteiger partial charge in [0.25, 0.3) is 5.91 Å². The van der Waals surface area contributed by atoms with Crippen LogP contribution in [0.3, 0.4) is 0 Å². The molecule has 5 N–H and O–H groups in total. The van der Waals surface area contributed by atoms with E-state index >= 15 is 4.39 Å². The fourth-order valence-corrected chi connectivity index (χ4v) is 7.38. The summed E-state index contributed by atoms with van der Waals surface area (Å²) in [7, 11) is 1.39. The Morgan fingerprint density at radius 1 is 1.02 bits per heavy atom. The van der Waals surface area contributed by atoms with E-state index < -0.39 is 17.1 Å². The van der Waals surface area contributed by atoms with Crippen LogP contribution >= 0.6 is 0 Å². The predicted octanol–water partition coefficient (Wildman–Crippen LogP) is 3.60. The maximum atomic E-state index is 15.0. The molecule has 4 saturated carbocycles. The van der Waals surface area contributed by atoms with Crippen molar-refractivity contribution in [2.75, 3.05) is 13.7 Å². The van der Waals surface area contributed by atoms with Gasteiger partial charge in [-0.25, -0.2) is 10.2 Å². The second-order valence-electron chi connectivity index (χ2n) is 13.1. The topological polar surface area (TPSA) is 132 Å². The molecule has 2 bridgehead atoms. The molecule has 10 heteroatoms. The number of carbonyl (C=O) groups excluding carboxylic acids is 3. The van der Waals surface area contributed by atoms with Gasteiger partial charge in [0.15, 0.2) is 11.6 Å². The monoisotopic (exact) mass is 558 g/mol. The average Bonchev–Trinajstić information content (AvgIpc) is 3.54. The van der Waals surface area contributed by atoms with Crippen molar-refractivity contribution in [2.24, 2.45) is 34.4 Å². The molecule has 0 spiro atoms. The van der Waals surface area contributed by atoms with Crippen LogP contribution in [0.4, 0.5) is 4.39 Å². The third kappa shape index (κ3) is 5.51. The maximum Gasteiger partial charge on any atom is 0.255 e. The zero-order chi connectivity index (χ0) is 28.7. The fourth-order valence-electron chi connectivity index (χ4n) is 7.38. The third-order valence-electron chi connectivity index (χ3n) is 10.3. The summed E-state index contributed by atoms with van der Waals surface area (Å²) in [5.41, 5.74) is 1.99. The molecule has 220 valence electrons. The van der Waals surface area contributed by atoms with E-state index in [9.17, 15) is 14.4 Å². The van der Waals surface area contributed by atoms with Gasteiger partial charge in [0, 0.05) is 24.1 Å². The van der Waals surface area contributed by atoms with E-state index in [1.54, 1.807) is 0 Å². The van der Waals surface area contributed by atoms with Crippen molar-refractivity contribution in [1.82, 2.24) is 16.1 Å². The summed E-state index contributed by atoms with van der Waals surface area (Å²) in [6.07, 6.45) is 8.28. The highest BCUT2D eigenvalue weighted by atomic mass is 19.1. The van der Waals surface area contributed by atoms with Crippen LogP contribution in [0.2, 0.25) is 0 Å². The van der Waals surface area contributed by atoms with Gasteiger partial charge in [0.05, 0.1) is 24.7 Å². The van der Waals surface area contributed by atoms with Crippen molar-refractivity contribution in [3.05, 3.63) is 23.5 Å². The summed E-state index contributed by atoms with van der Waals surface area (Å²) in [6.45, 7) is 4.74. The van der Waals surface area contributed by atoms with Crippen LogP contribution in [-0.2, 0) is 9.59 Å². The number of hydrogen-bond acceptors (Lipinski definition) is 6. The Labute approximate surface area is 235 Å². The van der Waals surface area contributed by atoms with Gasteiger partial charge in [-0.15, -0.1) is 0 Å². The first-order valence-electron chi connectivity index (χ1n) is 14.7. The summed E-state index contributed by atoms with van der Waals surface area (Å²) < 4.78 is 26.4. The third-order valence-corrected chi connectivity index (χ3v) is 10.3. The van der Waals surface area contributed by atoms with Gasteiger partial charge in [0.2, 0.25) is 11.8 Å². The van der Waals surface area contributed by atoms with Gasteiger partial charge >= 0.3 is 0 Å². The van der Waals surface area contributed by atoms with E-state index in [1.165, 1.54) is 25.7 Å². The summed E-state index contributed by atoms with van der Waals surface area (Å²) >= 11 is 0. The molecule has 40 heavy (non-hydrogen) atoms. The molecule has 1 aromatic carbocycles. The Bertz CT molecular complexity index is 1150. The van der Waals surface area contributed by atoms with Crippen LogP contribution in [0.15, 0.2) is 12.1 Å². The molecule has 4 fully saturated rings. The second-order valence-corrected chi connectivity index (χ2v) is 13.1. The first-order chi connectivity index (χ1) is 19.1. The zero-order valence-corrected chi connectivity index (χ0v) is 23.8. The van der Waals surface area contributed by atoms with Gasteiger partial charge in [0.1, 0.15) is 5.75 Å². The van der Waals surface area contributed by atoms with Crippen LogP contribution in [0, 0.1) is 34.4 Å². The van der Waals surface area contributed by atoms with E-state index in [0.29, 0.717) is 32.2 Å². The lowest BCUT2D eigenvalue weighted by Crippen LogP contribution is -2.51.